The molecule has 1 saturated carbocycles. The molecule has 3 nitrogen and oxygen atoms in total. The van der Waals surface area contributed by atoms with E-state index in [4.69, 9.17) is 10.6 Å². The summed E-state index contributed by atoms with van der Waals surface area (Å²) in [5.74, 6) is 5.68. The highest BCUT2D eigenvalue weighted by molar-refractivity contribution is 14.1. The van der Waals surface area contributed by atoms with Crippen LogP contribution in [0, 0.1) is 3.57 Å². The van der Waals surface area contributed by atoms with Crippen LogP contribution < -0.4 is 11.3 Å². The predicted molar refractivity (Wildman–Crippen MR) is 82.2 cm³/mol. The van der Waals surface area contributed by atoms with Crippen LogP contribution in [0.1, 0.15) is 31.2 Å². The van der Waals surface area contributed by atoms with Gasteiger partial charge in [0.15, 0.2) is 0 Å². The molecule has 1 aromatic rings. The minimum atomic E-state index is 0.0697. The summed E-state index contributed by atoms with van der Waals surface area (Å²) in [5.41, 5.74) is 4.33. The third kappa shape index (κ3) is 3.44. The van der Waals surface area contributed by atoms with Gasteiger partial charge in [0, 0.05) is 16.7 Å². The van der Waals surface area contributed by atoms with Gasteiger partial charge < -0.3 is 4.74 Å². The second-order valence-electron chi connectivity index (χ2n) is 5.14. The van der Waals surface area contributed by atoms with Gasteiger partial charge in [0.25, 0.3) is 0 Å². The molecule has 3 N–H and O–H groups in total. The fourth-order valence-electron chi connectivity index (χ4n) is 2.61. The van der Waals surface area contributed by atoms with E-state index >= 15 is 0 Å². The van der Waals surface area contributed by atoms with Crippen LogP contribution in [0.3, 0.4) is 0 Å². The van der Waals surface area contributed by atoms with E-state index in [9.17, 15) is 0 Å². The summed E-state index contributed by atoms with van der Waals surface area (Å²) >= 11 is 2.32. The van der Waals surface area contributed by atoms with Gasteiger partial charge in [0.05, 0.1) is 5.60 Å². The molecule has 1 aliphatic rings. The molecule has 0 heterocycles. The van der Waals surface area contributed by atoms with Crippen LogP contribution in [0.15, 0.2) is 24.3 Å². The van der Waals surface area contributed by atoms with Crippen molar-refractivity contribution in [3.05, 3.63) is 33.4 Å². The first-order chi connectivity index (χ1) is 8.67. The molecule has 0 saturated heterocycles. The van der Waals surface area contributed by atoms with Gasteiger partial charge in [-0.1, -0.05) is 12.1 Å². The molecular formula is C14H21IN2O. The number of halogens is 1. The molecular weight excluding hydrogens is 339 g/mol. The first kappa shape index (κ1) is 14.2. The lowest BCUT2D eigenvalue weighted by Gasteiger charge is -2.42. The number of nitrogens with one attached hydrogen (secondary N) is 1. The molecule has 1 aliphatic carbocycles. The van der Waals surface area contributed by atoms with E-state index in [-0.39, 0.29) is 11.6 Å². The van der Waals surface area contributed by atoms with Crippen LogP contribution in [-0.4, -0.2) is 18.8 Å². The number of benzene rings is 1. The number of nitrogens with two attached hydrogens (primary N) is 1. The molecule has 1 fully saturated rings. The van der Waals surface area contributed by atoms with E-state index in [0.29, 0.717) is 0 Å². The Morgan fingerprint density at radius 1 is 1.39 bits per heavy atom. The molecule has 0 aromatic heterocycles. The third-order valence-electron chi connectivity index (χ3n) is 3.95. The monoisotopic (exact) mass is 360 g/mol. The van der Waals surface area contributed by atoms with E-state index in [2.05, 4.69) is 52.3 Å². The van der Waals surface area contributed by atoms with Crippen molar-refractivity contribution in [1.82, 2.24) is 5.43 Å². The Hall–Kier alpha value is -0.170. The van der Waals surface area contributed by atoms with Crippen LogP contribution in [0.25, 0.3) is 0 Å². The van der Waals surface area contributed by atoms with Gasteiger partial charge in [-0.3, -0.25) is 11.3 Å². The van der Waals surface area contributed by atoms with Gasteiger partial charge in [0.1, 0.15) is 0 Å². The normalized spacial score (nSPS) is 19.3. The lowest BCUT2D eigenvalue weighted by Crippen LogP contribution is -2.48. The molecule has 1 aromatic carbocycles. The van der Waals surface area contributed by atoms with Crippen molar-refractivity contribution < 1.29 is 4.74 Å². The summed E-state index contributed by atoms with van der Waals surface area (Å²) in [4.78, 5) is 0. The van der Waals surface area contributed by atoms with Crippen LogP contribution >= 0.6 is 22.6 Å². The second kappa shape index (κ2) is 6.32. The number of ether oxygens (including phenoxy) is 1. The fraction of sp³-hybridized carbons (Fsp3) is 0.571. The van der Waals surface area contributed by atoms with Crippen molar-refractivity contribution in [2.45, 2.75) is 43.7 Å². The van der Waals surface area contributed by atoms with Gasteiger partial charge in [-0.05, 0) is 72.4 Å². The largest absolute Gasteiger partial charge is 0.378 e. The van der Waals surface area contributed by atoms with Crippen LogP contribution in [0.4, 0.5) is 0 Å². The lowest BCUT2D eigenvalue weighted by molar-refractivity contribution is -0.0834. The quantitative estimate of drug-likeness (QED) is 0.466. The fourth-order valence-corrected chi connectivity index (χ4v) is 2.97. The Kier molecular flexibility index (Phi) is 5.00. The topological polar surface area (TPSA) is 47.3 Å². The Bertz CT molecular complexity index is 370. The van der Waals surface area contributed by atoms with Gasteiger partial charge >= 0.3 is 0 Å². The molecule has 4 heteroatoms. The van der Waals surface area contributed by atoms with Crippen molar-refractivity contribution in [3.63, 3.8) is 0 Å². The van der Waals surface area contributed by atoms with Crippen molar-refractivity contribution in [2.75, 3.05) is 7.11 Å². The number of hydrogen-bond acceptors (Lipinski definition) is 3. The molecule has 18 heavy (non-hydrogen) atoms. The van der Waals surface area contributed by atoms with Crippen molar-refractivity contribution in [2.24, 2.45) is 5.84 Å². The zero-order chi connectivity index (χ0) is 13.0. The minimum Gasteiger partial charge on any atom is -0.378 e. The first-order valence-corrected chi connectivity index (χ1v) is 7.51. The average Bonchev–Trinajstić information content (AvgIpc) is 2.35. The number of hydrazine groups is 1. The summed E-state index contributed by atoms with van der Waals surface area (Å²) in [6, 6.07) is 8.90. The molecule has 0 bridgehead atoms. The maximum atomic E-state index is 5.68. The van der Waals surface area contributed by atoms with Crippen LogP contribution in [0.5, 0.6) is 0 Å². The van der Waals surface area contributed by atoms with Crippen molar-refractivity contribution >= 4 is 22.6 Å². The Balaban J connectivity index is 1.94. The van der Waals surface area contributed by atoms with E-state index < -0.39 is 0 Å². The molecule has 1 atom stereocenters. The summed E-state index contributed by atoms with van der Waals surface area (Å²) in [6.07, 6.45) is 5.54. The minimum absolute atomic E-state index is 0.0697. The lowest BCUT2D eigenvalue weighted by atomic mass is 9.75. The highest BCUT2D eigenvalue weighted by Crippen LogP contribution is 2.39. The zero-order valence-electron chi connectivity index (χ0n) is 10.8. The van der Waals surface area contributed by atoms with E-state index in [1.807, 2.05) is 7.11 Å². The summed E-state index contributed by atoms with van der Waals surface area (Å²) < 4.78 is 6.93. The molecule has 0 spiro atoms. The van der Waals surface area contributed by atoms with Crippen molar-refractivity contribution in [3.8, 4) is 0 Å². The van der Waals surface area contributed by atoms with Gasteiger partial charge in [0.2, 0.25) is 0 Å². The highest BCUT2D eigenvalue weighted by atomic mass is 127. The number of hydrogen-bond donors (Lipinski definition) is 2. The second-order valence-corrected chi connectivity index (χ2v) is 6.38. The Morgan fingerprint density at radius 3 is 2.50 bits per heavy atom. The van der Waals surface area contributed by atoms with Gasteiger partial charge in [-0.15, -0.1) is 0 Å². The highest BCUT2D eigenvalue weighted by Gasteiger charge is 2.38. The average molecular weight is 360 g/mol. The first-order valence-electron chi connectivity index (χ1n) is 6.43. The standard InChI is InChI=1S/C14H21IN2O/c1-18-14(7-2-8-14)10-13(17-16)9-11-3-5-12(15)6-4-11/h3-6,13,17H,2,7-10,16H2,1H3. The Morgan fingerprint density at radius 2 is 2.06 bits per heavy atom. The van der Waals surface area contributed by atoms with Crippen LogP contribution in [0.2, 0.25) is 0 Å². The smallest absolute Gasteiger partial charge is 0.0694 e. The summed E-state index contributed by atoms with van der Waals surface area (Å²) in [6.45, 7) is 0. The maximum Gasteiger partial charge on any atom is 0.0694 e. The molecule has 0 radical (unpaired) electrons. The van der Waals surface area contributed by atoms with Crippen molar-refractivity contribution in [1.29, 1.82) is 0 Å². The van der Waals surface area contributed by atoms with Crippen LogP contribution in [-0.2, 0) is 11.2 Å². The SMILES string of the molecule is COC1(CC(Cc2ccc(I)cc2)NN)CCC1. The van der Waals surface area contributed by atoms with E-state index in [0.717, 1.165) is 25.7 Å². The molecule has 100 valence electrons. The number of rotatable bonds is 6. The molecule has 2 rings (SSSR count). The maximum absolute atomic E-state index is 5.68. The van der Waals surface area contributed by atoms with E-state index in [1.54, 1.807) is 0 Å². The van der Waals surface area contributed by atoms with Gasteiger partial charge in [-0.25, -0.2) is 0 Å². The van der Waals surface area contributed by atoms with E-state index in [1.165, 1.54) is 15.6 Å². The molecule has 1 unspecified atom stereocenters. The third-order valence-corrected chi connectivity index (χ3v) is 4.67. The zero-order valence-corrected chi connectivity index (χ0v) is 12.9. The molecule has 0 amide bonds. The summed E-state index contributed by atoms with van der Waals surface area (Å²) in [7, 11) is 1.82. The molecule has 0 aliphatic heterocycles. The van der Waals surface area contributed by atoms with Gasteiger partial charge in [-0.2, -0.15) is 0 Å². The predicted octanol–water partition coefficient (Wildman–Crippen LogP) is 2.62. The number of methoxy groups -OCH3 is 1. The Labute approximate surface area is 123 Å². The summed E-state index contributed by atoms with van der Waals surface area (Å²) in [5, 5.41) is 0.